The molecule has 9 heteroatoms. The van der Waals surface area contributed by atoms with Gasteiger partial charge < -0.3 is 14.9 Å². The molecule has 3 aliphatic rings. The number of carbonyl (C=O) groups is 2. The van der Waals surface area contributed by atoms with Gasteiger partial charge in [0.1, 0.15) is 11.9 Å². The van der Waals surface area contributed by atoms with Gasteiger partial charge in [-0.3, -0.25) is 4.79 Å². The largest absolute Gasteiger partial charge is 0.480 e. The Balaban J connectivity index is 1.64. The molecular weight excluding hydrogens is 370 g/mol. The molecule has 1 unspecified atom stereocenters. The number of carbonyl (C=O) groups excluding carboxylic acids is 1. The summed E-state index contributed by atoms with van der Waals surface area (Å²) >= 11 is 0. The quantitative estimate of drug-likeness (QED) is 0.793. The topological polar surface area (TPSA) is 107 Å². The van der Waals surface area contributed by atoms with E-state index >= 15 is 0 Å². The number of amidine groups is 1. The molecule has 0 aromatic heterocycles. The van der Waals surface area contributed by atoms with Gasteiger partial charge in [-0.25, -0.2) is 13.2 Å². The third kappa shape index (κ3) is 3.25. The van der Waals surface area contributed by atoms with Gasteiger partial charge in [0.05, 0.1) is 11.3 Å². The summed E-state index contributed by atoms with van der Waals surface area (Å²) in [6.45, 7) is 0.417. The van der Waals surface area contributed by atoms with Crippen LogP contribution in [0.15, 0.2) is 52.6 Å². The molecule has 0 spiro atoms. The molecule has 1 atom stereocenters. The Morgan fingerprint density at radius 3 is 2.63 bits per heavy atom. The van der Waals surface area contributed by atoms with E-state index in [1.54, 1.807) is 4.90 Å². The minimum Gasteiger partial charge on any atom is -0.480 e. The van der Waals surface area contributed by atoms with Crippen molar-refractivity contribution < 1.29 is 23.1 Å². The van der Waals surface area contributed by atoms with Crippen LogP contribution < -0.4 is 0 Å². The first-order valence-corrected chi connectivity index (χ1v) is 10.0. The summed E-state index contributed by atoms with van der Waals surface area (Å²) in [6.07, 6.45) is 4.74. The van der Waals surface area contributed by atoms with Crippen molar-refractivity contribution in [1.29, 1.82) is 0 Å². The Hall–Kier alpha value is -2.94. The second-order valence-corrected chi connectivity index (χ2v) is 8.36. The lowest BCUT2D eigenvalue weighted by Crippen LogP contribution is -2.49. The fraction of sp³-hybridized carbons (Fsp3) is 0.278. The van der Waals surface area contributed by atoms with Gasteiger partial charge in [-0.15, -0.1) is 4.40 Å². The van der Waals surface area contributed by atoms with Gasteiger partial charge in [-0.1, -0.05) is 24.3 Å². The summed E-state index contributed by atoms with van der Waals surface area (Å²) in [5.74, 6) is -1.32. The smallest absolute Gasteiger partial charge is 0.326 e. The first kappa shape index (κ1) is 17.5. The number of nitrogens with zero attached hydrogens (tertiary/aromatic N) is 3. The van der Waals surface area contributed by atoms with Crippen molar-refractivity contribution in [1.82, 2.24) is 9.80 Å². The zero-order valence-corrected chi connectivity index (χ0v) is 15.1. The van der Waals surface area contributed by atoms with Crippen molar-refractivity contribution >= 4 is 27.7 Å². The predicted octanol–water partition coefficient (Wildman–Crippen LogP) is 0.522. The van der Waals surface area contributed by atoms with Gasteiger partial charge >= 0.3 is 5.97 Å². The summed E-state index contributed by atoms with van der Waals surface area (Å²) in [5.41, 5.74) is 2.16. The number of benzene rings is 1. The summed E-state index contributed by atoms with van der Waals surface area (Å²) in [6, 6.07) is 6.54. The molecule has 3 aliphatic heterocycles. The molecule has 1 aromatic carbocycles. The molecule has 1 N–H and O–H groups in total. The lowest BCUT2D eigenvalue weighted by atomic mass is 9.93. The minimum absolute atomic E-state index is 0.128. The molecule has 1 aromatic rings. The van der Waals surface area contributed by atoms with Crippen molar-refractivity contribution in [2.24, 2.45) is 4.40 Å². The highest BCUT2D eigenvalue weighted by atomic mass is 32.2. The standard InChI is InChI=1S/C18H17N3O5S/c22-17(14-5-6-16-19-27(25,26)8-7-20(16)10-14)21-11-13-4-2-1-3-12(13)9-15(21)18(23)24/h1-6,10,15H,7-9,11H2,(H,23,24). The number of carboxylic acids is 1. The Morgan fingerprint density at radius 1 is 1.15 bits per heavy atom. The van der Waals surface area contributed by atoms with E-state index in [-0.39, 0.29) is 31.1 Å². The van der Waals surface area contributed by atoms with Crippen LogP contribution in [0.4, 0.5) is 0 Å². The third-order valence-corrected chi connectivity index (χ3v) is 6.03. The number of aliphatic carboxylic acids is 1. The Morgan fingerprint density at radius 2 is 1.89 bits per heavy atom. The van der Waals surface area contributed by atoms with Crippen LogP contribution in [0.2, 0.25) is 0 Å². The van der Waals surface area contributed by atoms with Crippen LogP contribution in [-0.2, 0) is 32.6 Å². The van der Waals surface area contributed by atoms with Gasteiger partial charge in [0.25, 0.3) is 15.9 Å². The molecule has 8 nitrogen and oxygen atoms in total. The molecule has 0 saturated heterocycles. The zero-order valence-electron chi connectivity index (χ0n) is 14.3. The average Bonchev–Trinajstić information content (AvgIpc) is 2.65. The molecule has 0 radical (unpaired) electrons. The van der Waals surface area contributed by atoms with E-state index in [0.29, 0.717) is 5.57 Å². The van der Waals surface area contributed by atoms with Gasteiger partial charge in [0.2, 0.25) is 0 Å². The molecule has 0 aliphatic carbocycles. The number of sulfonamides is 1. The Kier molecular flexibility index (Phi) is 4.11. The lowest BCUT2D eigenvalue weighted by Gasteiger charge is -2.35. The Labute approximate surface area is 156 Å². The van der Waals surface area contributed by atoms with Gasteiger partial charge in [-0.2, -0.15) is 0 Å². The van der Waals surface area contributed by atoms with Crippen LogP contribution in [0, 0.1) is 0 Å². The first-order valence-electron chi connectivity index (χ1n) is 8.44. The molecule has 4 rings (SSSR count). The highest BCUT2D eigenvalue weighted by Gasteiger charge is 2.36. The number of fused-ring (bicyclic) bond motifs is 2. The first-order chi connectivity index (χ1) is 12.8. The highest BCUT2D eigenvalue weighted by molar-refractivity contribution is 7.90. The average molecular weight is 387 g/mol. The van der Waals surface area contributed by atoms with Gasteiger partial charge in [0, 0.05) is 25.7 Å². The predicted molar refractivity (Wildman–Crippen MR) is 97.3 cm³/mol. The minimum atomic E-state index is -3.47. The zero-order chi connectivity index (χ0) is 19.2. The number of hydrogen-bond acceptors (Lipinski definition) is 5. The highest BCUT2D eigenvalue weighted by Crippen LogP contribution is 2.26. The number of hydrogen-bond donors (Lipinski definition) is 1. The van der Waals surface area contributed by atoms with Crippen molar-refractivity contribution in [3.63, 3.8) is 0 Å². The number of rotatable bonds is 2. The van der Waals surface area contributed by atoms with Gasteiger partial charge in [-0.05, 0) is 23.3 Å². The molecule has 0 bridgehead atoms. The summed E-state index contributed by atoms with van der Waals surface area (Å²) in [5, 5.41) is 9.60. The number of carboxylic acid groups (broad SMARTS) is 1. The lowest BCUT2D eigenvalue weighted by molar-refractivity contribution is -0.149. The molecule has 140 valence electrons. The van der Waals surface area contributed by atoms with Gasteiger partial charge in [0.15, 0.2) is 0 Å². The van der Waals surface area contributed by atoms with E-state index in [2.05, 4.69) is 4.40 Å². The second-order valence-electron chi connectivity index (χ2n) is 6.61. The maximum atomic E-state index is 13.0. The fourth-order valence-corrected chi connectivity index (χ4v) is 4.42. The summed E-state index contributed by atoms with van der Waals surface area (Å²) in [7, 11) is -3.47. The van der Waals surface area contributed by atoms with E-state index in [1.165, 1.54) is 23.3 Å². The molecule has 0 fully saturated rings. The molecule has 3 heterocycles. The van der Waals surface area contributed by atoms with E-state index in [1.807, 2.05) is 24.3 Å². The van der Waals surface area contributed by atoms with Crippen LogP contribution >= 0.6 is 0 Å². The van der Waals surface area contributed by atoms with E-state index in [0.717, 1.165) is 11.1 Å². The SMILES string of the molecule is O=C(O)C1Cc2ccccc2CN1C(=O)C1=CN2CCS(=O)(=O)N=C2C=C1. The van der Waals surface area contributed by atoms with Crippen molar-refractivity contribution in [2.45, 2.75) is 19.0 Å². The second kappa shape index (κ2) is 6.34. The van der Waals surface area contributed by atoms with E-state index < -0.39 is 27.9 Å². The van der Waals surface area contributed by atoms with Crippen molar-refractivity contribution in [3.8, 4) is 0 Å². The van der Waals surface area contributed by atoms with E-state index in [4.69, 9.17) is 0 Å². The number of amides is 1. The molecular formula is C18H17N3O5S. The maximum absolute atomic E-state index is 13.0. The van der Waals surface area contributed by atoms with Crippen LogP contribution in [0.1, 0.15) is 11.1 Å². The fourth-order valence-electron chi connectivity index (χ4n) is 3.45. The molecule has 0 saturated carbocycles. The van der Waals surface area contributed by atoms with E-state index in [9.17, 15) is 23.1 Å². The summed E-state index contributed by atoms with van der Waals surface area (Å²) in [4.78, 5) is 27.7. The van der Waals surface area contributed by atoms with Crippen LogP contribution in [-0.4, -0.2) is 59.4 Å². The third-order valence-electron chi connectivity index (χ3n) is 4.87. The monoisotopic (exact) mass is 387 g/mol. The Bertz CT molecular complexity index is 1030. The van der Waals surface area contributed by atoms with Crippen molar-refractivity contribution in [3.05, 3.63) is 59.3 Å². The van der Waals surface area contributed by atoms with Crippen LogP contribution in [0.3, 0.4) is 0 Å². The van der Waals surface area contributed by atoms with Crippen LogP contribution in [0.5, 0.6) is 0 Å². The molecule has 27 heavy (non-hydrogen) atoms. The van der Waals surface area contributed by atoms with Crippen LogP contribution in [0.25, 0.3) is 0 Å². The normalized spacial score (nSPS) is 23.0. The molecule has 1 amide bonds. The maximum Gasteiger partial charge on any atom is 0.326 e. The van der Waals surface area contributed by atoms with Crippen molar-refractivity contribution in [2.75, 3.05) is 12.3 Å². The summed E-state index contributed by atoms with van der Waals surface area (Å²) < 4.78 is 26.9.